The van der Waals surface area contributed by atoms with Crippen LogP contribution in [0.5, 0.6) is 11.5 Å². The fourth-order valence-corrected chi connectivity index (χ4v) is 3.03. The summed E-state index contributed by atoms with van der Waals surface area (Å²) in [6, 6.07) is 11.4. The number of non-ortho nitro benzene ring substituents is 1. The number of ether oxygens (including phenoxy) is 2. The number of nitro groups is 1. The Morgan fingerprint density at radius 2 is 1.96 bits per heavy atom. The Hall–Kier alpha value is -3.33. The molecule has 3 rings (SSSR count). The summed E-state index contributed by atoms with van der Waals surface area (Å²) in [5.74, 6) is 0.643. The summed E-state index contributed by atoms with van der Waals surface area (Å²) >= 11 is 1.12. The van der Waals surface area contributed by atoms with Gasteiger partial charge in [-0.25, -0.2) is 0 Å². The average Bonchev–Trinajstić information content (AvgIpc) is 2.97. The third kappa shape index (κ3) is 4.45. The van der Waals surface area contributed by atoms with Crippen LogP contribution in [0.25, 0.3) is 6.08 Å². The predicted molar refractivity (Wildman–Crippen MR) is 103 cm³/mol. The number of methoxy groups -OCH3 is 1. The molecule has 0 aliphatic carbocycles. The lowest BCUT2D eigenvalue weighted by Crippen LogP contribution is -2.01. The number of carbonyl (C=O) groups excluding carboxylic acids is 1. The van der Waals surface area contributed by atoms with Gasteiger partial charge < -0.3 is 15.2 Å². The lowest BCUT2D eigenvalue weighted by molar-refractivity contribution is -0.384. The van der Waals surface area contributed by atoms with E-state index in [4.69, 9.17) is 15.2 Å². The quantitative estimate of drug-likeness (QED) is 0.461. The van der Waals surface area contributed by atoms with E-state index in [1.54, 1.807) is 36.4 Å². The highest BCUT2D eigenvalue weighted by atomic mass is 32.2. The van der Waals surface area contributed by atoms with Crippen molar-refractivity contribution in [1.82, 2.24) is 0 Å². The Morgan fingerprint density at radius 3 is 2.56 bits per heavy atom. The molecule has 0 spiro atoms. The number of nitrogens with zero attached hydrogens (tertiary/aromatic N) is 2. The number of hydrogen-bond donors (Lipinski definition) is 1. The number of nitro benzene ring substituents is 1. The van der Waals surface area contributed by atoms with E-state index < -0.39 is 4.92 Å². The van der Waals surface area contributed by atoms with Crippen LogP contribution in [0.15, 0.2) is 52.4 Å². The zero-order valence-electron chi connectivity index (χ0n) is 14.2. The molecule has 138 valence electrons. The van der Waals surface area contributed by atoms with Crippen molar-refractivity contribution < 1.29 is 19.2 Å². The van der Waals surface area contributed by atoms with E-state index in [0.29, 0.717) is 16.4 Å². The third-order valence-electron chi connectivity index (χ3n) is 3.66. The maximum absolute atomic E-state index is 11.7. The van der Waals surface area contributed by atoms with Gasteiger partial charge in [0.1, 0.15) is 6.61 Å². The lowest BCUT2D eigenvalue weighted by atomic mass is 10.2. The summed E-state index contributed by atoms with van der Waals surface area (Å²) in [6.07, 6.45) is 1.68. The van der Waals surface area contributed by atoms with Crippen LogP contribution in [0.2, 0.25) is 0 Å². The second-order valence-corrected chi connectivity index (χ2v) is 6.55. The summed E-state index contributed by atoms with van der Waals surface area (Å²) in [5.41, 5.74) is 7.10. The van der Waals surface area contributed by atoms with Gasteiger partial charge in [-0.15, -0.1) is 0 Å². The van der Waals surface area contributed by atoms with Crippen molar-refractivity contribution in [1.29, 1.82) is 0 Å². The average molecular weight is 385 g/mol. The number of thioether (sulfide) groups is 1. The van der Waals surface area contributed by atoms with Gasteiger partial charge in [0.05, 0.1) is 16.9 Å². The molecule has 1 aliphatic rings. The summed E-state index contributed by atoms with van der Waals surface area (Å²) in [4.78, 5) is 26.0. The van der Waals surface area contributed by atoms with Crippen LogP contribution in [-0.4, -0.2) is 23.1 Å². The standard InChI is InChI=1S/C18H15N3O5S/c1-25-15-8-12(9-16-17(22)20-18(19)27-16)4-7-14(15)26-10-11-2-5-13(6-3-11)21(23)24/h2-9H,10H2,1H3,(H2,19,20,22). The summed E-state index contributed by atoms with van der Waals surface area (Å²) in [6.45, 7) is 0.230. The second-order valence-electron chi connectivity index (χ2n) is 5.49. The Bertz CT molecular complexity index is 954. The third-order valence-corrected chi connectivity index (χ3v) is 4.48. The van der Waals surface area contributed by atoms with Crippen LogP contribution in [0.3, 0.4) is 0 Å². The zero-order valence-corrected chi connectivity index (χ0v) is 15.1. The van der Waals surface area contributed by atoms with Crippen molar-refractivity contribution in [3.63, 3.8) is 0 Å². The van der Waals surface area contributed by atoms with Gasteiger partial charge in [0, 0.05) is 12.1 Å². The molecule has 0 unspecified atom stereocenters. The van der Waals surface area contributed by atoms with Gasteiger partial charge in [0.25, 0.3) is 11.6 Å². The van der Waals surface area contributed by atoms with Crippen molar-refractivity contribution in [3.05, 3.63) is 68.6 Å². The van der Waals surface area contributed by atoms with Crippen molar-refractivity contribution in [3.8, 4) is 11.5 Å². The van der Waals surface area contributed by atoms with Crippen LogP contribution < -0.4 is 15.2 Å². The largest absolute Gasteiger partial charge is 0.493 e. The molecule has 2 aromatic carbocycles. The van der Waals surface area contributed by atoms with Gasteiger partial charge in [-0.05, 0) is 53.2 Å². The molecule has 2 N–H and O–H groups in total. The minimum atomic E-state index is -0.451. The van der Waals surface area contributed by atoms with Gasteiger partial charge >= 0.3 is 0 Å². The fraction of sp³-hybridized carbons (Fsp3) is 0.111. The van der Waals surface area contributed by atoms with E-state index in [1.165, 1.54) is 19.2 Å². The number of rotatable bonds is 6. The Kier molecular flexibility index (Phi) is 5.41. The predicted octanol–water partition coefficient (Wildman–Crippen LogP) is 3.11. The molecule has 1 aliphatic heterocycles. The number of hydrogen-bond acceptors (Lipinski definition) is 7. The molecular weight excluding hydrogens is 370 g/mol. The molecule has 9 heteroatoms. The van der Waals surface area contributed by atoms with Crippen LogP contribution in [0.4, 0.5) is 5.69 Å². The van der Waals surface area contributed by atoms with Crippen LogP contribution in [0, 0.1) is 10.1 Å². The highest BCUT2D eigenvalue weighted by Crippen LogP contribution is 2.32. The van der Waals surface area contributed by atoms with E-state index in [-0.39, 0.29) is 23.4 Å². The number of nitrogens with two attached hydrogens (primary N) is 1. The Balaban J connectivity index is 1.72. The smallest absolute Gasteiger partial charge is 0.286 e. The first-order valence-electron chi connectivity index (χ1n) is 7.78. The molecule has 0 aromatic heterocycles. The molecule has 1 heterocycles. The van der Waals surface area contributed by atoms with Gasteiger partial charge in [0.2, 0.25) is 0 Å². The minimum absolute atomic E-state index is 0.0256. The molecular formula is C18H15N3O5S. The normalized spacial score (nSPS) is 14.9. The number of aliphatic imine (C=N–C) groups is 1. The maximum Gasteiger partial charge on any atom is 0.286 e. The molecule has 0 saturated heterocycles. The number of amides is 1. The van der Waals surface area contributed by atoms with E-state index in [2.05, 4.69) is 4.99 Å². The van der Waals surface area contributed by atoms with Gasteiger partial charge in [-0.3, -0.25) is 14.9 Å². The first-order valence-corrected chi connectivity index (χ1v) is 8.60. The van der Waals surface area contributed by atoms with Gasteiger partial charge in [-0.1, -0.05) is 6.07 Å². The number of carbonyl (C=O) groups is 1. The maximum atomic E-state index is 11.7. The molecule has 0 radical (unpaired) electrons. The first-order chi connectivity index (χ1) is 13.0. The Morgan fingerprint density at radius 1 is 1.22 bits per heavy atom. The van der Waals surface area contributed by atoms with Gasteiger partial charge in [0.15, 0.2) is 16.7 Å². The SMILES string of the molecule is COc1cc(C=C2SC(N)=NC2=O)ccc1OCc1ccc([N+](=O)[O-])cc1. The molecule has 0 saturated carbocycles. The molecule has 1 amide bonds. The zero-order chi connectivity index (χ0) is 19.4. The van der Waals surface area contributed by atoms with E-state index >= 15 is 0 Å². The minimum Gasteiger partial charge on any atom is -0.493 e. The highest BCUT2D eigenvalue weighted by molar-refractivity contribution is 8.18. The fourth-order valence-electron chi connectivity index (χ4n) is 2.35. The summed E-state index contributed by atoms with van der Waals surface area (Å²) in [5, 5.41) is 10.9. The lowest BCUT2D eigenvalue weighted by Gasteiger charge is -2.11. The van der Waals surface area contributed by atoms with E-state index in [0.717, 1.165) is 22.9 Å². The van der Waals surface area contributed by atoms with Crippen LogP contribution in [-0.2, 0) is 11.4 Å². The van der Waals surface area contributed by atoms with E-state index in [9.17, 15) is 14.9 Å². The molecule has 2 aromatic rings. The molecule has 0 atom stereocenters. The summed E-state index contributed by atoms with van der Waals surface area (Å²) < 4.78 is 11.1. The van der Waals surface area contributed by atoms with Crippen molar-refractivity contribution >= 4 is 34.6 Å². The second kappa shape index (κ2) is 7.92. The molecule has 0 bridgehead atoms. The van der Waals surface area contributed by atoms with Gasteiger partial charge in [-0.2, -0.15) is 4.99 Å². The van der Waals surface area contributed by atoms with Crippen molar-refractivity contribution in [2.45, 2.75) is 6.61 Å². The summed E-state index contributed by atoms with van der Waals surface area (Å²) in [7, 11) is 1.52. The number of amidine groups is 1. The topological polar surface area (TPSA) is 117 Å². The number of benzene rings is 2. The molecule has 27 heavy (non-hydrogen) atoms. The van der Waals surface area contributed by atoms with Crippen molar-refractivity contribution in [2.75, 3.05) is 7.11 Å². The monoisotopic (exact) mass is 385 g/mol. The van der Waals surface area contributed by atoms with E-state index in [1.807, 2.05) is 0 Å². The molecule has 8 nitrogen and oxygen atoms in total. The first kappa shape index (κ1) is 18.5. The Labute approximate surface area is 158 Å². The van der Waals surface area contributed by atoms with Crippen LogP contribution in [0.1, 0.15) is 11.1 Å². The molecule has 0 fully saturated rings. The van der Waals surface area contributed by atoms with Crippen LogP contribution >= 0.6 is 11.8 Å². The van der Waals surface area contributed by atoms with Crippen molar-refractivity contribution in [2.24, 2.45) is 10.7 Å². The highest BCUT2D eigenvalue weighted by Gasteiger charge is 2.19.